The van der Waals surface area contributed by atoms with Crippen molar-refractivity contribution in [3.8, 4) is 28.6 Å². The maximum absolute atomic E-state index is 12.6. The van der Waals surface area contributed by atoms with Crippen molar-refractivity contribution in [2.45, 2.75) is 13.5 Å². The van der Waals surface area contributed by atoms with Gasteiger partial charge in [-0.15, -0.1) is 0 Å². The number of carbonyl (C=O) groups is 1. The van der Waals surface area contributed by atoms with Gasteiger partial charge in [-0.1, -0.05) is 42.0 Å². The number of nitrogens with one attached hydrogen (secondary N) is 2. The quantitative estimate of drug-likeness (QED) is 0.392. The molecular formula is C26H28N4O4. The Kier molecular flexibility index (Phi) is 6.87. The topological polar surface area (TPSA) is 86.6 Å². The Morgan fingerprint density at radius 3 is 2.26 bits per heavy atom. The molecule has 0 atom stereocenters. The molecule has 0 spiro atoms. The lowest BCUT2D eigenvalue weighted by atomic mass is 10.1. The smallest absolute Gasteiger partial charge is 0.319 e. The molecule has 1 heterocycles. The number of amides is 2. The van der Waals surface area contributed by atoms with Crippen LogP contribution in [0.2, 0.25) is 0 Å². The number of ether oxygens (including phenoxy) is 3. The monoisotopic (exact) mass is 460 g/mol. The Morgan fingerprint density at radius 1 is 0.941 bits per heavy atom. The van der Waals surface area contributed by atoms with Crippen molar-refractivity contribution in [2.24, 2.45) is 0 Å². The second kappa shape index (κ2) is 10.2. The van der Waals surface area contributed by atoms with Crippen molar-refractivity contribution in [2.75, 3.05) is 33.2 Å². The molecule has 8 heteroatoms. The molecule has 4 aromatic rings. The molecule has 0 radical (unpaired) electrons. The molecule has 34 heavy (non-hydrogen) atoms. The van der Waals surface area contributed by atoms with E-state index >= 15 is 0 Å². The molecule has 0 unspecified atom stereocenters. The molecule has 3 aromatic carbocycles. The lowest BCUT2D eigenvalue weighted by Crippen LogP contribution is -2.31. The number of aryl methyl sites for hydroxylation is 1. The standard InChI is InChI=1S/C26H28N4O4/c1-17-9-11-18(12-10-17)25-29-20-7-5-6-8-21(20)30(25)14-13-27-26(31)28-19-15-22(32-2)24(34-4)23(16-19)33-3/h5-12,15-16H,13-14H2,1-4H3,(H2,27,28,31). The van der Waals surface area contributed by atoms with Gasteiger partial charge in [0.1, 0.15) is 5.82 Å². The molecule has 1 aromatic heterocycles. The number of benzene rings is 3. The highest BCUT2D eigenvalue weighted by molar-refractivity contribution is 5.90. The fourth-order valence-corrected chi connectivity index (χ4v) is 3.83. The Bertz CT molecular complexity index is 1270. The first-order valence-corrected chi connectivity index (χ1v) is 10.9. The summed E-state index contributed by atoms with van der Waals surface area (Å²) in [5.74, 6) is 2.26. The normalized spacial score (nSPS) is 10.7. The summed E-state index contributed by atoms with van der Waals surface area (Å²) in [6, 6.07) is 19.3. The molecule has 2 amide bonds. The number of imidazole rings is 1. The molecule has 0 bridgehead atoms. The minimum atomic E-state index is -0.337. The van der Waals surface area contributed by atoms with Crippen molar-refractivity contribution in [3.63, 3.8) is 0 Å². The molecule has 0 saturated heterocycles. The van der Waals surface area contributed by atoms with Crippen molar-refractivity contribution < 1.29 is 19.0 Å². The van der Waals surface area contributed by atoms with Crippen LogP contribution < -0.4 is 24.8 Å². The highest BCUT2D eigenvalue weighted by atomic mass is 16.5. The van der Waals surface area contributed by atoms with Gasteiger partial charge in [-0.2, -0.15) is 0 Å². The molecule has 4 rings (SSSR count). The number of fused-ring (bicyclic) bond motifs is 1. The zero-order chi connectivity index (χ0) is 24.1. The van der Waals surface area contributed by atoms with Crippen LogP contribution in [0.15, 0.2) is 60.7 Å². The molecular weight excluding hydrogens is 432 g/mol. The van der Waals surface area contributed by atoms with Crippen LogP contribution in [0.25, 0.3) is 22.4 Å². The summed E-state index contributed by atoms with van der Waals surface area (Å²) in [6.07, 6.45) is 0. The highest BCUT2D eigenvalue weighted by Crippen LogP contribution is 2.39. The molecule has 2 N–H and O–H groups in total. The first-order valence-electron chi connectivity index (χ1n) is 10.9. The Balaban J connectivity index is 1.49. The summed E-state index contributed by atoms with van der Waals surface area (Å²) in [7, 11) is 4.59. The Morgan fingerprint density at radius 2 is 1.62 bits per heavy atom. The van der Waals surface area contributed by atoms with Crippen molar-refractivity contribution in [1.82, 2.24) is 14.9 Å². The van der Waals surface area contributed by atoms with Gasteiger partial charge in [0.15, 0.2) is 11.5 Å². The molecule has 8 nitrogen and oxygen atoms in total. The third kappa shape index (κ3) is 4.76. The second-order valence-electron chi connectivity index (χ2n) is 7.74. The van der Waals surface area contributed by atoms with Gasteiger partial charge in [-0.3, -0.25) is 0 Å². The van der Waals surface area contributed by atoms with E-state index in [0.29, 0.717) is 36.0 Å². The van der Waals surface area contributed by atoms with Gasteiger partial charge >= 0.3 is 6.03 Å². The average molecular weight is 461 g/mol. The zero-order valence-electron chi connectivity index (χ0n) is 19.7. The van der Waals surface area contributed by atoms with Gasteiger partial charge in [0.25, 0.3) is 0 Å². The number of carbonyl (C=O) groups excluding carboxylic acids is 1. The van der Waals surface area contributed by atoms with Crippen molar-refractivity contribution in [1.29, 1.82) is 0 Å². The van der Waals surface area contributed by atoms with Crippen LogP contribution >= 0.6 is 0 Å². The van der Waals surface area contributed by atoms with E-state index in [4.69, 9.17) is 19.2 Å². The number of anilines is 1. The van der Waals surface area contributed by atoms with Gasteiger partial charge in [0.05, 0.1) is 38.1 Å². The Hall–Kier alpha value is -4.20. The van der Waals surface area contributed by atoms with Crippen LogP contribution in [0, 0.1) is 6.92 Å². The summed E-state index contributed by atoms with van der Waals surface area (Å²) in [5.41, 5.74) is 4.69. The first-order chi connectivity index (χ1) is 16.5. The van der Waals surface area contributed by atoms with Crippen LogP contribution in [-0.2, 0) is 6.54 Å². The minimum absolute atomic E-state index is 0.337. The second-order valence-corrected chi connectivity index (χ2v) is 7.74. The van der Waals surface area contributed by atoms with Gasteiger partial charge in [-0.05, 0) is 19.1 Å². The third-order valence-electron chi connectivity index (χ3n) is 5.51. The SMILES string of the molecule is COc1cc(NC(=O)NCCn2c(-c3ccc(C)cc3)nc3ccccc32)cc(OC)c1OC. The molecule has 0 aliphatic rings. The molecule has 176 valence electrons. The summed E-state index contributed by atoms with van der Waals surface area (Å²) >= 11 is 0. The predicted molar refractivity (Wildman–Crippen MR) is 133 cm³/mol. The number of para-hydroxylation sites is 2. The number of nitrogens with zero attached hydrogens (tertiary/aromatic N) is 2. The van der Waals surface area contributed by atoms with Crippen LogP contribution in [-0.4, -0.2) is 43.5 Å². The van der Waals surface area contributed by atoms with E-state index in [1.165, 1.54) is 26.9 Å². The van der Waals surface area contributed by atoms with Crippen LogP contribution in [0.3, 0.4) is 0 Å². The predicted octanol–water partition coefficient (Wildman–Crippen LogP) is 4.86. The summed E-state index contributed by atoms with van der Waals surface area (Å²) in [5, 5.41) is 5.74. The number of hydrogen-bond acceptors (Lipinski definition) is 5. The van der Waals surface area contributed by atoms with Crippen LogP contribution in [0.1, 0.15) is 5.56 Å². The van der Waals surface area contributed by atoms with Gasteiger partial charge in [0.2, 0.25) is 5.75 Å². The minimum Gasteiger partial charge on any atom is -0.493 e. The molecule has 0 fully saturated rings. The lowest BCUT2D eigenvalue weighted by molar-refractivity contribution is 0.251. The van der Waals surface area contributed by atoms with E-state index in [2.05, 4.69) is 46.4 Å². The molecule has 0 aliphatic heterocycles. The van der Waals surface area contributed by atoms with Crippen LogP contribution in [0.4, 0.5) is 10.5 Å². The maximum Gasteiger partial charge on any atom is 0.319 e. The van der Waals surface area contributed by atoms with E-state index in [-0.39, 0.29) is 6.03 Å². The maximum atomic E-state index is 12.6. The first kappa shape index (κ1) is 23.0. The highest BCUT2D eigenvalue weighted by Gasteiger charge is 2.15. The number of hydrogen-bond donors (Lipinski definition) is 2. The van der Waals surface area contributed by atoms with E-state index in [1.54, 1.807) is 12.1 Å². The number of urea groups is 1. The Labute approximate surface area is 198 Å². The number of methoxy groups -OCH3 is 3. The van der Waals surface area contributed by atoms with E-state index < -0.39 is 0 Å². The van der Waals surface area contributed by atoms with Crippen molar-refractivity contribution in [3.05, 3.63) is 66.2 Å². The number of rotatable bonds is 8. The van der Waals surface area contributed by atoms with Crippen molar-refractivity contribution >= 4 is 22.8 Å². The molecule has 0 aliphatic carbocycles. The summed E-state index contributed by atoms with van der Waals surface area (Å²) in [6.45, 7) is 3.03. The van der Waals surface area contributed by atoms with Gasteiger partial charge < -0.3 is 29.4 Å². The lowest BCUT2D eigenvalue weighted by Gasteiger charge is -2.15. The van der Waals surface area contributed by atoms with E-state index in [1.807, 2.05) is 24.3 Å². The fraction of sp³-hybridized carbons (Fsp3) is 0.231. The van der Waals surface area contributed by atoms with Crippen LogP contribution in [0.5, 0.6) is 17.2 Å². The zero-order valence-corrected chi connectivity index (χ0v) is 19.7. The fourth-order valence-electron chi connectivity index (χ4n) is 3.83. The van der Waals surface area contributed by atoms with E-state index in [9.17, 15) is 4.79 Å². The van der Waals surface area contributed by atoms with Gasteiger partial charge in [0, 0.05) is 30.8 Å². The largest absolute Gasteiger partial charge is 0.493 e. The third-order valence-corrected chi connectivity index (χ3v) is 5.51. The van der Waals surface area contributed by atoms with Gasteiger partial charge in [-0.25, -0.2) is 9.78 Å². The average Bonchev–Trinajstić information content (AvgIpc) is 3.22. The summed E-state index contributed by atoms with van der Waals surface area (Å²) < 4.78 is 18.1. The molecule has 0 saturated carbocycles. The van der Waals surface area contributed by atoms with E-state index in [0.717, 1.165) is 22.4 Å². The summed E-state index contributed by atoms with van der Waals surface area (Å²) in [4.78, 5) is 17.4. The number of aromatic nitrogens is 2.